The number of alkyl halides is 1. The molecule has 86 valence electrons. The normalized spacial score (nSPS) is 10.6. The molecule has 1 N–H and O–H groups in total. The van der Waals surface area contributed by atoms with Crippen molar-refractivity contribution in [3.8, 4) is 5.75 Å². The third kappa shape index (κ3) is 3.38. The Bertz CT molecular complexity index is 399. The van der Waals surface area contributed by atoms with Crippen LogP contribution in [-0.2, 0) is 4.74 Å². The van der Waals surface area contributed by atoms with E-state index in [2.05, 4.69) is 20.7 Å². The number of aromatic hydroxyl groups is 1. The molecule has 0 bridgehead atoms. The van der Waals surface area contributed by atoms with E-state index in [4.69, 9.17) is 0 Å². The summed E-state index contributed by atoms with van der Waals surface area (Å²) in [7, 11) is 1.31. The van der Waals surface area contributed by atoms with E-state index in [1.54, 1.807) is 12.1 Å². The zero-order valence-corrected chi connectivity index (χ0v) is 10.5. The summed E-state index contributed by atoms with van der Waals surface area (Å²) in [6, 6.07) is 4.71. The summed E-state index contributed by atoms with van der Waals surface area (Å²) in [6.45, 7) is 0. The summed E-state index contributed by atoms with van der Waals surface area (Å²) in [5.41, 5.74) is 1.03. The van der Waals surface area contributed by atoms with Crippen molar-refractivity contribution in [3.05, 3.63) is 35.4 Å². The molecule has 1 aromatic carbocycles. The Morgan fingerprint density at radius 3 is 2.88 bits per heavy atom. The molecule has 0 aliphatic carbocycles. The third-order valence-electron chi connectivity index (χ3n) is 2.02. The number of rotatable bonds is 4. The van der Waals surface area contributed by atoms with Gasteiger partial charge in [0.1, 0.15) is 5.75 Å². The number of halogens is 1. The first-order valence-electron chi connectivity index (χ1n) is 4.83. The Morgan fingerprint density at radius 1 is 1.56 bits per heavy atom. The maximum absolute atomic E-state index is 11.2. The highest BCUT2D eigenvalue weighted by molar-refractivity contribution is 9.09. The largest absolute Gasteiger partial charge is 0.507 e. The number of phenols is 1. The number of esters is 1. The number of ether oxygens (including phenoxy) is 1. The first-order chi connectivity index (χ1) is 7.69. The third-order valence-corrected chi connectivity index (χ3v) is 2.48. The maximum Gasteiger partial charge on any atom is 0.337 e. The van der Waals surface area contributed by atoms with Crippen LogP contribution in [0.25, 0.3) is 6.08 Å². The van der Waals surface area contributed by atoms with E-state index in [9.17, 15) is 9.90 Å². The average molecular weight is 285 g/mol. The van der Waals surface area contributed by atoms with Gasteiger partial charge >= 0.3 is 5.97 Å². The van der Waals surface area contributed by atoms with Gasteiger partial charge in [-0.15, -0.1) is 0 Å². The Hall–Kier alpha value is -1.29. The van der Waals surface area contributed by atoms with Crippen LogP contribution >= 0.6 is 15.9 Å². The molecule has 1 rings (SSSR count). The van der Waals surface area contributed by atoms with Crippen molar-refractivity contribution >= 4 is 28.0 Å². The number of allylic oxidation sites excluding steroid dienone is 1. The number of hydrogen-bond donors (Lipinski definition) is 1. The van der Waals surface area contributed by atoms with Gasteiger partial charge in [-0.1, -0.05) is 34.1 Å². The minimum absolute atomic E-state index is 0.0775. The highest BCUT2D eigenvalue weighted by Crippen LogP contribution is 2.20. The fourth-order valence-corrected chi connectivity index (χ4v) is 1.47. The molecule has 0 saturated carbocycles. The van der Waals surface area contributed by atoms with Crippen LogP contribution in [-0.4, -0.2) is 23.5 Å². The maximum atomic E-state index is 11.2. The molecule has 0 aliphatic rings. The summed E-state index contributed by atoms with van der Waals surface area (Å²) < 4.78 is 4.56. The Labute approximate surface area is 103 Å². The minimum Gasteiger partial charge on any atom is -0.507 e. The van der Waals surface area contributed by atoms with Crippen molar-refractivity contribution in [1.82, 2.24) is 0 Å². The molecular formula is C12H13BrO3. The van der Waals surface area contributed by atoms with E-state index in [0.717, 1.165) is 11.8 Å². The molecule has 0 saturated heterocycles. The van der Waals surface area contributed by atoms with Crippen LogP contribution in [0.2, 0.25) is 0 Å². The van der Waals surface area contributed by atoms with Gasteiger partial charge < -0.3 is 9.84 Å². The zero-order valence-electron chi connectivity index (χ0n) is 8.94. The van der Waals surface area contributed by atoms with Crippen LogP contribution in [0.3, 0.4) is 0 Å². The van der Waals surface area contributed by atoms with E-state index in [1.807, 2.05) is 12.2 Å². The standard InChI is InChI=1S/C12H13BrO3/c1-16-12(15)10-6-5-9(11(14)8-10)4-2-3-7-13/h2,4-6,8,14H,3,7H2,1H3. The van der Waals surface area contributed by atoms with Crippen LogP contribution in [0.1, 0.15) is 22.3 Å². The number of hydrogen-bond acceptors (Lipinski definition) is 3. The molecule has 0 radical (unpaired) electrons. The molecule has 0 fully saturated rings. The van der Waals surface area contributed by atoms with Gasteiger partial charge in [0.15, 0.2) is 0 Å². The fourth-order valence-electron chi connectivity index (χ4n) is 1.20. The number of phenolic OH excluding ortho intramolecular Hbond substituents is 1. The quantitative estimate of drug-likeness (QED) is 0.683. The topological polar surface area (TPSA) is 46.5 Å². The van der Waals surface area contributed by atoms with Crippen molar-refractivity contribution in [3.63, 3.8) is 0 Å². The van der Waals surface area contributed by atoms with Crippen molar-refractivity contribution in [1.29, 1.82) is 0 Å². The number of carbonyl (C=O) groups excluding carboxylic acids is 1. The van der Waals surface area contributed by atoms with Crippen LogP contribution < -0.4 is 0 Å². The molecule has 0 spiro atoms. The van der Waals surface area contributed by atoms with E-state index >= 15 is 0 Å². The van der Waals surface area contributed by atoms with Crippen LogP contribution in [0.4, 0.5) is 0 Å². The molecule has 0 atom stereocenters. The zero-order chi connectivity index (χ0) is 12.0. The molecule has 1 aromatic rings. The summed E-state index contributed by atoms with van der Waals surface area (Å²) >= 11 is 3.31. The minimum atomic E-state index is -0.453. The summed E-state index contributed by atoms with van der Waals surface area (Å²) in [4.78, 5) is 11.2. The lowest BCUT2D eigenvalue weighted by Crippen LogP contribution is -2.00. The van der Waals surface area contributed by atoms with Gasteiger partial charge in [-0.2, -0.15) is 0 Å². The molecule has 16 heavy (non-hydrogen) atoms. The van der Waals surface area contributed by atoms with Gasteiger partial charge in [0.05, 0.1) is 12.7 Å². The molecule has 0 unspecified atom stereocenters. The number of carbonyl (C=O) groups is 1. The number of methoxy groups -OCH3 is 1. The predicted molar refractivity (Wildman–Crippen MR) is 66.9 cm³/mol. The van der Waals surface area contributed by atoms with Crippen molar-refractivity contribution < 1.29 is 14.6 Å². The van der Waals surface area contributed by atoms with Crippen molar-refractivity contribution in [2.24, 2.45) is 0 Å². The van der Waals surface area contributed by atoms with Gasteiger partial charge in [-0.25, -0.2) is 4.79 Å². The molecule has 0 aromatic heterocycles. The lowest BCUT2D eigenvalue weighted by Gasteiger charge is -2.02. The highest BCUT2D eigenvalue weighted by atomic mass is 79.9. The fraction of sp³-hybridized carbons (Fsp3) is 0.250. The lowest BCUT2D eigenvalue weighted by molar-refractivity contribution is 0.0600. The van der Waals surface area contributed by atoms with Crippen molar-refractivity contribution in [2.45, 2.75) is 6.42 Å². The van der Waals surface area contributed by atoms with Gasteiger partial charge in [0.2, 0.25) is 0 Å². The summed E-state index contributed by atoms with van der Waals surface area (Å²) in [6.07, 6.45) is 4.65. The van der Waals surface area contributed by atoms with Crippen LogP contribution in [0, 0.1) is 0 Å². The monoisotopic (exact) mass is 284 g/mol. The molecule has 3 nitrogen and oxygen atoms in total. The Morgan fingerprint density at radius 2 is 2.31 bits per heavy atom. The second-order valence-electron chi connectivity index (χ2n) is 3.15. The van der Waals surface area contributed by atoms with E-state index in [1.165, 1.54) is 13.2 Å². The van der Waals surface area contributed by atoms with Crippen LogP contribution in [0.15, 0.2) is 24.3 Å². The lowest BCUT2D eigenvalue weighted by atomic mass is 10.1. The average Bonchev–Trinajstić information content (AvgIpc) is 2.30. The Kier molecular flexibility index (Phi) is 5.05. The predicted octanol–water partition coefficient (Wildman–Crippen LogP) is 2.98. The molecule has 0 aliphatic heterocycles. The SMILES string of the molecule is COC(=O)c1ccc(C=CCCBr)c(O)c1. The Balaban J connectivity index is 2.87. The van der Waals surface area contributed by atoms with Gasteiger partial charge in [-0.3, -0.25) is 0 Å². The first kappa shape index (κ1) is 12.8. The molecule has 4 heteroatoms. The van der Waals surface area contributed by atoms with E-state index < -0.39 is 5.97 Å². The summed E-state index contributed by atoms with van der Waals surface area (Å²) in [5.74, 6) is -0.375. The molecule has 0 heterocycles. The van der Waals surface area contributed by atoms with E-state index in [-0.39, 0.29) is 5.75 Å². The van der Waals surface area contributed by atoms with Gasteiger partial charge in [-0.05, 0) is 18.6 Å². The second-order valence-corrected chi connectivity index (χ2v) is 3.94. The van der Waals surface area contributed by atoms with Crippen LogP contribution in [0.5, 0.6) is 5.75 Å². The van der Waals surface area contributed by atoms with Gasteiger partial charge in [0.25, 0.3) is 0 Å². The highest BCUT2D eigenvalue weighted by Gasteiger charge is 2.07. The molecular weight excluding hydrogens is 272 g/mol. The smallest absolute Gasteiger partial charge is 0.337 e. The summed E-state index contributed by atoms with van der Waals surface area (Å²) in [5, 5.41) is 10.5. The second kappa shape index (κ2) is 6.33. The van der Waals surface area contributed by atoms with Gasteiger partial charge in [0, 0.05) is 10.9 Å². The first-order valence-corrected chi connectivity index (χ1v) is 5.95. The number of benzene rings is 1. The van der Waals surface area contributed by atoms with Crippen molar-refractivity contribution in [2.75, 3.05) is 12.4 Å². The molecule has 0 amide bonds. The van der Waals surface area contributed by atoms with E-state index in [0.29, 0.717) is 11.1 Å².